The molecule has 8 heteroatoms. The number of hydrogen-bond acceptors (Lipinski definition) is 6. The zero-order valence-corrected chi connectivity index (χ0v) is 42.0. The van der Waals surface area contributed by atoms with Gasteiger partial charge in [-0.1, -0.05) is 133 Å². The molecule has 6 aliphatic heterocycles. The predicted molar refractivity (Wildman–Crippen MR) is 310 cm³/mol. The summed E-state index contributed by atoms with van der Waals surface area (Å²) in [6, 6.07) is 85.1. The molecule has 0 saturated heterocycles. The van der Waals surface area contributed by atoms with E-state index in [-0.39, 0.29) is 0 Å². The average molecular weight is 977 g/mol. The predicted octanol–water partition coefficient (Wildman–Crippen LogP) is 13.0. The van der Waals surface area contributed by atoms with Crippen LogP contribution >= 0.6 is 0 Å². The Morgan fingerprint density at radius 1 is 0.243 bits per heavy atom. The molecule has 344 valence electrons. The van der Waals surface area contributed by atoms with Crippen LogP contribution in [0.5, 0.6) is 23.0 Å². The first-order valence-electron chi connectivity index (χ1n) is 25.6. The van der Waals surface area contributed by atoms with Crippen molar-refractivity contribution in [3.63, 3.8) is 0 Å². The zero-order chi connectivity index (χ0) is 47.9. The van der Waals surface area contributed by atoms with Crippen molar-refractivity contribution < 1.29 is 9.47 Å². The molecule has 0 saturated carbocycles. The third-order valence-corrected chi connectivity index (χ3v) is 23.5. The van der Waals surface area contributed by atoms with Gasteiger partial charge in [-0.05, 0) is 118 Å². The average Bonchev–Trinajstić information content (AvgIpc) is 3.62. The lowest BCUT2D eigenvalue weighted by atomic mass is 9.99. The van der Waals surface area contributed by atoms with E-state index in [0.717, 1.165) is 56.5 Å². The number of hydrogen-bond donors (Lipinski definition) is 0. The third-order valence-electron chi connectivity index (χ3n) is 16.6. The number of ether oxygens (including phenoxy) is 2. The first kappa shape index (κ1) is 39.3. The lowest BCUT2D eigenvalue weighted by molar-refractivity contribution is 0.487. The van der Waals surface area contributed by atoms with Crippen molar-refractivity contribution in [2.24, 2.45) is 0 Å². The summed E-state index contributed by atoms with van der Waals surface area (Å²) in [5, 5.41) is 15.2. The Bertz CT molecular complexity index is 4190. The highest BCUT2D eigenvalue weighted by atomic mass is 28.3. The summed E-state index contributed by atoms with van der Waals surface area (Å²) in [4.78, 5) is 10.2. The minimum Gasteiger partial charge on any atom is -0.457 e. The summed E-state index contributed by atoms with van der Waals surface area (Å²) >= 11 is 0. The molecule has 0 bridgehead atoms. The molecule has 2 unspecified atom stereocenters. The molecule has 0 aromatic heterocycles. The highest BCUT2D eigenvalue weighted by molar-refractivity contribution is 7.03. The standard InChI is InChI=1S/C66H40N4O2Si2/c1-5-21-41(22-6-1)67-49-31-17-33-51-61(49)73-63-53(35-39-19-13-15-29-45(39)57(63)67)71-55-37-48-47(59(65(55)73)69(51)43-25-9-3-10-26-43)38-56-66-60(48)70(44-27-11-4-12-28-44)52-34-18-32-50-62(52)74(66)64-54(72-56)36-40-20-14-16-30-46(40)58(64)68(50)42-23-7-2-8-24-42/h1-38,73-74H. The van der Waals surface area contributed by atoms with E-state index in [1.807, 2.05) is 0 Å². The number of nitrogens with zero attached hydrogens (tertiary/aromatic N) is 4. The molecular formula is C66H40N4O2Si2. The molecule has 6 heterocycles. The summed E-state index contributed by atoms with van der Waals surface area (Å²) in [6.07, 6.45) is 0. The second-order valence-corrected chi connectivity index (χ2v) is 25.5. The van der Waals surface area contributed by atoms with Crippen molar-refractivity contribution >= 4 is 149 Å². The first-order valence-corrected chi connectivity index (χ1v) is 29.0. The lowest BCUT2D eigenvalue weighted by Crippen LogP contribution is -2.64. The molecular weight excluding hydrogens is 937 g/mol. The Kier molecular flexibility index (Phi) is 7.54. The topological polar surface area (TPSA) is 31.4 Å². The highest BCUT2D eigenvalue weighted by Gasteiger charge is 2.52. The molecule has 0 aliphatic carbocycles. The Labute approximate surface area is 429 Å². The molecule has 0 spiro atoms. The smallest absolute Gasteiger partial charge is 0.153 e. The van der Waals surface area contributed by atoms with E-state index in [4.69, 9.17) is 9.47 Å². The van der Waals surface area contributed by atoms with Gasteiger partial charge in [0.2, 0.25) is 0 Å². The van der Waals surface area contributed by atoms with Gasteiger partial charge in [0.1, 0.15) is 23.0 Å². The maximum Gasteiger partial charge on any atom is 0.153 e. The van der Waals surface area contributed by atoms with Gasteiger partial charge in [-0.25, -0.2) is 0 Å². The van der Waals surface area contributed by atoms with E-state index in [0.29, 0.717) is 0 Å². The van der Waals surface area contributed by atoms with Gasteiger partial charge >= 0.3 is 0 Å². The summed E-state index contributed by atoms with van der Waals surface area (Å²) in [7, 11) is -4.64. The number of benzene rings is 12. The molecule has 0 radical (unpaired) electrons. The lowest BCUT2D eigenvalue weighted by Gasteiger charge is -2.49. The molecule has 74 heavy (non-hydrogen) atoms. The highest BCUT2D eigenvalue weighted by Crippen LogP contribution is 2.56. The summed E-state index contributed by atoms with van der Waals surface area (Å²) < 4.78 is 15.3. The number of rotatable bonds is 4. The second-order valence-electron chi connectivity index (χ2n) is 20.3. The van der Waals surface area contributed by atoms with Crippen LogP contribution in [-0.2, 0) is 0 Å². The van der Waals surface area contributed by atoms with Crippen molar-refractivity contribution in [3.8, 4) is 23.0 Å². The Morgan fingerprint density at radius 3 is 0.865 bits per heavy atom. The van der Waals surface area contributed by atoms with Gasteiger partial charge < -0.3 is 29.1 Å². The van der Waals surface area contributed by atoms with Gasteiger partial charge in [0, 0.05) is 87.8 Å². The fourth-order valence-corrected chi connectivity index (χ4v) is 21.7. The van der Waals surface area contributed by atoms with Gasteiger partial charge in [-0.15, -0.1) is 0 Å². The minimum atomic E-state index is -2.32. The van der Waals surface area contributed by atoms with Crippen molar-refractivity contribution in [1.29, 1.82) is 0 Å². The molecule has 2 atom stereocenters. The van der Waals surface area contributed by atoms with Crippen LogP contribution in [-0.4, -0.2) is 17.6 Å². The van der Waals surface area contributed by atoms with Gasteiger partial charge in [0.05, 0.1) is 22.7 Å². The van der Waals surface area contributed by atoms with E-state index in [1.165, 1.54) is 98.2 Å². The van der Waals surface area contributed by atoms with Crippen molar-refractivity contribution in [3.05, 3.63) is 231 Å². The van der Waals surface area contributed by atoms with Crippen LogP contribution in [0.25, 0.3) is 32.3 Å². The number of fused-ring (bicyclic) bond motifs is 7. The maximum absolute atomic E-state index is 7.66. The van der Waals surface area contributed by atoms with E-state index in [2.05, 4.69) is 250 Å². The Morgan fingerprint density at radius 2 is 0.527 bits per heavy atom. The number of anilines is 12. The minimum absolute atomic E-state index is 0.945. The molecule has 12 aromatic carbocycles. The van der Waals surface area contributed by atoms with Crippen molar-refractivity contribution in [2.45, 2.75) is 0 Å². The molecule has 6 nitrogen and oxygen atoms in total. The fraction of sp³-hybridized carbons (Fsp3) is 0. The normalized spacial score (nSPS) is 16.2. The van der Waals surface area contributed by atoms with Gasteiger partial charge in [-0.3, -0.25) is 0 Å². The van der Waals surface area contributed by atoms with Crippen LogP contribution in [0.4, 0.5) is 68.2 Å². The third kappa shape index (κ3) is 4.89. The maximum atomic E-state index is 7.66. The Balaban J connectivity index is 1.00. The molecule has 6 aliphatic rings. The van der Waals surface area contributed by atoms with Crippen LogP contribution in [0.3, 0.4) is 0 Å². The van der Waals surface area contributed by atoms with E-state index in [1.54, 1.807) is 0 Å². The van der Waals surface area contributed by atoms with Gasteiger partial charge in [-0.2, -0.15) is 0 Å². The first-order chi connectivity index (χ1) is 36.8. The van der Waals surface area contributed by atoms with E-state index < -0.39 is 17.6 Å². The molecule has 18 rings (SSSR count). The Hall–Kier alpha value is -9.35. The van der Waals surface area contributed by atoms with Gasteiger partial charge in [0.15, 0.2) is 17.6 Å². The monoisotopic (exact) mass is 976 g/mol. The summed E-state index contributed by atoms with van der Waals surface area (Å²) in [6.45, 7) is 0. The van der Waals surface area contributed by atoms with Crippen LogP contribution in [0.1, 0.15) is 0 Å². The van der Waals surface area contributed by atoms with Crippen LogP contribution in [0.15, 0.2) is 231 Å². The second kappa shape index (κ2) is 14.2. The largest absolute Gasteiger partial charge is 0.457 e. The van der Waals surface area contributed by atoms with Gasteiger partial charge in [0.25, 0.3) is 0 Å². The summed E-state index contributed by atoms with van der Waals surface area (Å²) in [5.74, 6) is 3.81. The molecule has 0 fully saturated rings. The van der Waals surface area contributed by atoms with Crippen molar-refractivity contribution in [1.82, 2.24) is 0 Å². The molecule has 0 amide bonds. The van der Waals surface area contributed by atoms with E-state index >= 15 is 0 Å². The van der Waals surface area contributed by atoms with Crippen LogP contribution in [0, 0.1) is 0 Å². The van der Waals surface area contributed by atoms with Crippen molar-refractivity contribution in [2.75, 3.05) is 19.6 Å². The van der Waals surface area contributed by atoms with Crippen LogP contribution in [0.2, 0.25) is 0 Å². The SMILES string of the molecule is c1ccc(N2c3cccc4c3[SiH]3c5c(cc6ccccc6c52)Oc2cc5c6c7c(cc5c(c23)N4c2ccccc2)Oc2cc3ccccc3c3c2[SiH]7c2c(cccc2N6c2ccccc2)N3c2ccccc2)cc1. The number of para-hydroxylation sites is 4. The van der Waals surface area contributed by atoms with Crippen LogP contribution < -0.4 is 60.2 Å². The molecule has 0 N–H and O–H groups in total. The fourth-order valence-electron chi connectivity index (χ4n) is 14.0. The molecule has 12 aromatic rings. The quantitative estimate of drug-likeness (QED) is 0.163. The van der Waals surface area contributed by atoms with E-state index in [9.17, 15) is 0 Å². The zero-order valence-electron chi connectivity index (χ0n) is 39.7. The summed E-state index contributed by atoms with van der Waals surface area (Å²) in [5.41, 5.74) is 14.2.